The van der Waals surface area contributed by atoms with Crippen LogP contribution in [0.2, 0.25) is 0 Å². The molecular formula is C19H21NO4. The number of carbonyl (C=O) groups excluding carboxylic acids is 2. The predicted molar refractivity (Wildman–Crippen MR) is 90.7 cm³/mol. The van der Waals surface area contributed by atoms with Gasteiger partial charge in [-0.25, -0.2) is 0 Å². The number of aryl methyl sites for hydroxylation is 1. The topological polar surface area (TPSA) is 64.6 Å². The molecule has 0 fully saturated rings. The van der Waals surface area contributed by atoms with Crippen molar-refractivity contribution in [3.63, 3.8) is 0 Å². The average molecular weight is 327 g/mol. The molecule has 0 atom stereocenters. The normalized spacial score (nSPS) is 10.1. The molecule has 2 aromatic carbocycles. The SMILES string of the molecule is COc1ccc(CNC(=O)COC(=O)Cc2ccccc2C)cc1. The van der Waals surface area contributed by atoms with E-state index in [0.29, 0.717) is 6.54 Å². The van der Waals surface area contributed by atoms with E-state index in [-0.39, 0.29) is 18.9 Å². The summed E-state index contributed by atoms with van der Waals surface area (Å²) in [5.74, 6) is 0.0167. The lowest BCUT2D eigenvalue weighted by molar-refractivity contribution is -0.147. The largest absolute Gasteiger partial charge is 0.497 e. The molecule has 126 valence electrons. The Morgan fingerprint density at radius 2 is 1.75 bits per heavy atom. The van der Waals surface area contributed by atoms with Crippen LogP contribution in [0.4, 0.5) is 0 Å². The van der Waals surface area contributed by atoms with Crippen molar-refractivity contribution in [3.8, 4) is 5.75 Å². The quantitative estimate of drug-likeness (QED) is 0.793. The van der Waals surface area contributed by atoms with E-state index in [4.69, 9.17) is 9.47 Å². The predicted octanol–water partition coefficient (Wildman–Crippen LogP) is 2.41. The minimum Gasteiger partial charge on any atom is -0.497 e. The van der Waals surface area contributed by atoms with Gasteiger partial charge in [0.2, 0.25) is 0 Å². The lowest BCUT2D eigenvalue weighted by Gasteiger charge is -2.08. The van der Waals surface area contributed by atoms with Gasteiger partial charge in [0.25, 0.3) is 5.91 Å². The molecule has 0 aliphatic carbocycles. The summed E-state index contributed by atoms with van der Waals surface area (Å²) < 4.78 is 10.1. The minimum absolute atomic E-state index is 0.165. The molecular weight excluding hydrogens is 306 g/mol. The number of hydrogen-bond donors (Lipinski definition) is 1. The van der Waals surface area contributed by atoms with E-state index < -0.39 is 5.97 Å². The molecule has 5 heteroatoms. The summed E-state index contributed by atoms with van der Waals surface area (Å²) in [6.45, 7) is 2.03. The van der Waals surface area contributed by atoms with E-state index in [1.807, 2.05) is 55.5 Å². The van der Waals surface area contributed by atoms with Gasteiger partial charge in [0.05, 0.1) is 13.5 Å². The molecule has 0 unspecified atom stereocenters. The smallest absolute Gasteiger partial charge is 0.310 e. The number of benzene rings is 2. The molecule has 2 aromatic rings. The molecule has 5 nitrogen and oxygen atoms in total. The first kappa shape index (κ1) is 17.5. The van der Waals surface area contributed by atoms with Gasteiger partial charge in [-0.05, 0) is 35.7 Å². The third-order valence-corrected chi connectivity index (χ3v) is 3.61. The highest BCUT2D eigenvalue weighted by molar-refractivity contribution is 5.81. The van der Waals surface area contributed by atoms with Gasteiger partial charge in [0, 0.05) is 6.54 Å². The summed E-state index contributed by atoms with van der Waals surface area (Å²) in [6, 6.07) is 15.0. The Morgan fingerprint density at radius 3 is 2.42 bits per heavy atom. The van der Waals surface area contributed by atoms with Gasteiger partial charge in [-0.15, -0.1) is 0 Å². The van der Waals surface area contributed by atoms with Crippen LogP contribution in [0.5, 0.6) is 5.75 Å². The van der Waals surface area contributed by atoms with E-state index >= 15 is 0 Å². The van der Waals surface area contributed by atoms with E-state index in [2.05, 4.69) is 5.32 Å². The van der Waals surface area contributed by atoms with Crippen LogP contribution in [0, 0.1) is 6.92 Å². The number of hydrogen-bond acceptors (Lipinski definition) is 4. The fourth-order valence-electron chi connectivity index (χ4n) is 2.16. The summed E-state index contributed by atoms with van der Waals surface area (Å²) in [6.07, 6.45) is 0.165. The van der Waals surface area contributed by atoms with Gasteiger partial charge in [-0.3, -0.25) is 9.59 Å². The van der Waals surface area contributed by atoms with E-state index in [1.54, 1.807) is 7.11 Å². The first-order valence-corrected chi connectivity index (χ1v) is 7.68. The van der Waals surface area contributed by atoms with Crippen molar-refractivity contribution < 1.29 is 19.1 Å². The maximum atomic E-state index is 11.8. The maximum absolute atomic E-state index is 11.8. The van der Waals surface area contributed by atoms with Gasteiger partial charge in [-0.1, -0.05) is 36.4 Å². The van der Waals surface area contributed by atoms with Crippen LogP contribution in [-0.4, -0.2) is 25.6 Å². The highest BCUT2D eigenvalue weighted by Gasteiger charge is 2.09. The summed E-state index contributed by atoms with van der Waals surface area (Å²) in [7, 11) is 1.60. The van der Waals surface area contributed by atoms with Crippen LogP contribution in [0.1, 0.15) is 16.7 Å². The van der Waals surface area contributed by atoms with Crippen molar-refractivity contribution in [1.82, 2.24) is 5.32 Å². The Hall–Kier alpha value is -2.82. The molecule has 0 spiro atoms. The van der Waals surface area contributed by atoms with Crippen molar-refractivity contribution in [3.05, 3.63) is 65.2 Å². The zero-order valence-corrected chi connectivity index (χ0v) is 13.9. The molecule has 1 amide bonds. The van der Waals surface area contributed by atoms with Crippen LogP contribution in [-0.2, 0) is 27.3 Å². The fraction of sp³-hybridized carbons (Fsp3) is 0.263. The van der Waals surface area contributed by atoms with Gasteiger partial charge in [0.15, 0.2) is 6.61 Å². The molecule has 2 rings (SSSR count). The Kier molecular flexibility index (Phi) is 6.37. The van der Waals surface area contributed by atoms with Crippen molar-refractivity contribution in [2.24, 2.45) is 0 Å². The van der Waals surface area contributed by atoms with Gasteiger partial charge >= 0.3 is 5.97 Å². The zero-order valence-electron chi connectivity index (χ0n) is 13.9. The van der Waals surface area contributed by atoms with Crippen molar-refractivity contribution in [2.75, 3.05) is 13.7 Å². The molecule has 0 saturated heterocycles. The van der Waals surface area contributed by atoms with Gasteiger partial charge in [0.1, 0.15) is 5.75 Å². The van der Waals surface area contributed by atoms with Crippen molar-refractivity contribution in [1.29, 1.82) is 0 Å². The molecule has 0 aromatic heterocycles. The monoisotopic (exact) mass is 327 g/mol. The Morgan fingerprint density at radius 1 is 1.04 bits per heavy atom. The first-order valence-electron chi connectivity index (χ1n) is 7.68. The highest BCUT2D eigenvalue weighted by atomic mass is 16.5. The van der Waals surface area contributed by atoms with Crippen LogP contribution < -0.4 is 10.1 Å². The van der Waals surface area contributed by atoms with Crippen molar-refractivity contribution >= 4 is 11.9 Å². The van der Waals surface area contributed by atoms with E-state index in [1.165, 1.54) is 0 Å². The van der Waals surface area contributed by atoms with Crippen molar-refractivity contribution in [2.45, 2.75) is 19.9 Å². The summed E-state index contributed by atoms with van der Waals surface area (Å²) >= 11 is 0. The number of amides is 1. The molecule has 24 heavy (non-hydrogen) atoms. The number of ether oxygens (including phenoxy) is 2. The summed E-state index contributed by atoms with van der Waals surface area (Å²) in [5, 5.41) is 2.71. The van der Waals surface area contributed by atoms with E-state index in [9.17, 15) is 9.59 Å². The van der Waals surface area contributed by atoms with Gasteiger partial charge in [-0.2, -0.15) is 0 Å². The third kappa shape index (κ3) is 5.43. The molecule has 0 aliphatic heterocycles. The molecule has 0 bridgehead atoms. The summed E-state index contributed by atoms with van der Waals surface area (Å²) in [5.41, 5.74) is 2.87. The highest BCUT2D eigenvalue weighted by Crippen LogP contribution is 2.11. The Bertz CT molecular complexity index is 695. The zero-order chi connectivity index (χ0) is 17.4. The van der Waals surface area contributed by atoms with Gasteiger partial charge < -0.3 is 14.8 Å². The second-order valence-corrected chi connectivity index (χ2v) is 5.39. The summed E-state index contributed by atoms with van der Waals surface area (Å²) in [4.78, 5) is 23.5. The molecule has 0 aliphatic rings. The standard InChI is InChI=1S/C19H21NO4/c1-14-5-3-4-6-16(14)11-19(22)24-13-18(21)20-12-15-7-9-17(23-2)10-8-15/h3-10H,11-13H2,1-2H3,(H,20,21). The molecule has 0 radical (unpaired) electrons. The van der Waals surface area contributed by atoms with Crippen LogP contribution in [0.15, 0.2) is 48.5 Å². The lowest BCUT2D eigenvalue weighted by Crippen LogP contribution is -2.28. The number of nitrogens with one attached hydrogen (secondary N) is 1. The second kappa shape index (κ2) is 8.72. The van der Waals surface area contributed by atoms with Crippen LogP contribution in [0.25, 0.3) is 0 Å². The van der Waals surface area contributed by atoms with E-state index in [0.717, 1.165) is 22.4 Å². The molecule has 1 N–H and O–H groups in total. The Balaban J connectivity index is 1.72. The van der Waals surface area contributed by atoms with Crippen LogP contribution >= 0.6 is 0 Å². The van der Waals surface area contributed by atoms with Crippen LogP contribution in [0.3, 0.4) is 0 Å². The number of carbonyl (C=O) groups is 2. The molecule has 0 saturated carbocycles. The second-order valence-electron chi connectivity index (χ2n) is 5.39. The molecule has 0 heterocycles. The first-order chi connectivity index (χ1) is 11.6. The Labute approximate surface area is 141 Å². The average Bonchev–Trinajstić information content (AvgIpc) is 2.60. The minimum atomic E-state index is -0.413. The fourth-order valence-corrected chi connectivity index (χ4v) is 2.16. The number of methoxy groups -OCH3 is 1. The number of esters is 1. The lowest BCUT2D eigenvalue weighted by atomic mass is 10.1. The third-order valence-electron chi connectivity index (χ3n) is 3.61. The number of rotatable bonds is 7. The maximum Gasteiger partial charge on any atom is 0.310 e.